The third-order valence-corrected chi connectivity index (χ3v) is 8.32. The molecule has 2 unspecified atom stereocenters. The lowest BCUT2D eigenvalue weighted by molar-refractivity contribution is 0.718. The summed E-state index contributed by atoms with van der Waals surface area (Å²) in [5, 5.41) is 4.80. The summed E-state index contributed by atoms with van der Waals surface area (Å²) in [6.45, 7) is 2.28. The first-order valence-corrected chi connectivity index (χ1v) is 15.4. The number of hydrogen-bond donors (Lipinski definition) is 2. The van der Waals surface area contributed by atoms with Crippen molar-refractivity contribution in [2.24, 2.45) is 21.6 Å². The normalized spacial score (nSPS) is 15.3. The molecule has 1 heterocycles. The maximum atomic E-state index is 6.45. The second-order valence-corrected chi connectivity index (χ2v) is 11.4. The van der Waals surface area contributed by atoms with E-state index in [0.717, 1.165) is 40.0 Å². The van der Waals surface area contributed by atoms with E-state index in [1.807, 2.05) is 66.7 Å². The van der Waals surface area contributed by atoms with E-state index in [9.17, 15) is 0 Å². The summed E-state index contributed by atoms with van der Waals surface area (Å²) in [5.74, 6) is 0.919. The number of nitrogens with two attached hydrogens (primary N) is 1. The number of aliphatic imine (C=N–C) groups is 2. The molecule has 7 rings (SSSR count). The Hall–Kier alpha value is -5.68. The number of para-hydroxylation sites is 1. The summed E-state index contributed by atoms with van der Waals surface area (Å²) in [5.41, 5.74) is 16.5. The van der Waals surface area contributed by atoms with Gasteiger partial charge in [-0.1, -0.05) is 122 Å². The molecule has 0 saturated heterocycles. The number of aromatic nitrogens is 1. The number of anilines is 1. The zero-order valence-corrected chi connectivity index (χ0v) is 25.2. The minimum atomic E-state index is -0.499. The van der Waals surface area contributed by atoms with Crippen molar-refractivity contribution in [2.75, 3.05) is 5.32 Å². The van der Waals surface area contributed by atoms with Crippen molar-refractivity contribution in [3.05, 3.63) is 162 Å². The van der Waals surface area contributed by atoms with Crippen molar-refractivity contribution in [1.29, 1.82) is 0 Å². The van der Waals surface area contributed by atoms with Crippen molar-refractivity contribution in [2.45, 2.75) is 19.5 Å². The molecule has 0 saturated carbocycles. The van der Waals surface area contributed by atoms with Crippen LogP contribution >= 0.6 is 0 Å². The molecule has 6 aromatic rings. The largest absolute Gasteiger partial charge is 0.383 e. The zero-order valence-electron chi connectivity index (χ0n) is 25.2. The maximum Gasteiger partial charge on any atom is 0.169 e. The van der Waals surface area contributed by atoms with Gasteiger partial charge >= 0.3 is 0 Å². The van der Waals surface area contributed by atoms with Gasteiger partial charge in [0.25, 0.3) is 0 Å². The van der Waals surface area contributed by atoms with Crippen molar-refractivity contribution < 1.29 is 0 Å². The van der Waals surface area contributed by atoms with Crippen LogP contribution in [0, 0.1) is 5.92 Å². The van der Waals surface area contributed by atoms with Crippen molar-refractivity contribution >= 4 is 34.8 Å². The molecule has 5 nitrogen and oxygen atoms in total. The molecule has 220 valence electrons. The van der Waals surface area contributed by atoms with Crippen LogP contribution in [0.15, 0.2) is 150 Å². The second-order valence-electron chi connectivity index (χ2n) is 11.4. The monoisotopic (exact) mass is 585 g/mol. The molecule has 1 aliphatic rings. The number of allylic oxidation sites excluding steroid dienone is 1. The predicted molar refractivity (Wildman–Crippen MR) is 189 cm³/mol. The van der Waals surface area contributed by atoms with Crippen molar-refractivity contribution in [1.82, 2.24) is 4.57 Å². The highest BCUT2D eigenvalue weighted by molar-refractivity contribution is 6.01. The first kappa shape index (κ1) is 28.1. The highest BCUT2D eigenvalue weighted by atomic mass is 15.1. The van der Waals surface area contributed by atoms with Gasteiger partial charge in [-0.15, -0.1) is 0 Å². The Balaban J connectivity index is 1.34. The average molecular weight is 586 g/mol. The fourth-order valence-electron chi connectivity index (χ4n) is 6.10. The predicted octanol–water partition coefficient (Wildman–Crippen LogP) is 9.05. The van der Waals surface area contributed by atoms with E-state index in [0.29, 0.717) is 11.8 Å². The summed E-state index contributed by atoms with van der Waals surface area (Å²) in [4.78, 5) is 9.73. The molecule has 5 aromatic carbocycles. The van der Waals surface area contributed by atoms with Gasteiger partial charge in [-0.2, -0.15) is 0 Å². The lowest BCUT2D eigenvalue weighted by Crippen LogP contribution is -2.15. The van der Waals surface area contributed by atoms with Gasteiger partial charge in [-0.3, -0.25) is 0 Å². The zero-order chi connectivity index (χ0) is 30.6. The average Bonchev–Trinajstić information content (AvgIpc) is 3.41. The van der Waals surface area contributed by atoms with Crippen LogP contribution in [0.25, 0.3) is 33.8 Å². The fourth-order valence-corrected chi connectivity index (χ4v) is 6.10. The van der Waals surface area contributed by atoms with E-state index in [-0.39, 0.29) is 0 Å². The van der Waals surface area contributed by atoms with E-state index in [2.05, 4.69) is 95.7 Å². The highest BCUT2D eigenvalue weighted by Crippen LogP contribution is 2.40. The molecule has 5 heteroatoms. The number of nitrogens with one attached hydrogen (secondary N) is 1. The Labute approximate surface area is 264 Å². The summed E-state index contributed by atoms with van der Waals surface area (Å²) in [7, 11) is 0. The van der Waals surface area contributed by atoms with E-state index in [1.54, 1.807) is 6.34 Å². The molecule has 3 N–H and O–H groups in total. The molecule has 1 aliphatic carbocycles. The number of amidine groups is 1. The van der Waals surface area contributed by atoms with Gasteiger partial charge in [0.2, 0.25) is 0 Å². The summed E-state index contributed by atoms with van der Waals surface area (Å²) in [6.07, 6.45) is 6.85. The number of hydrogen-bond acceptors (Lipinski definition) is 2. The number of rotatable bonds is 8. The Morgan fingerprint density at radius 2 is 1.49 bits per heavy atom. The molecule has 0 aliphatic heterocycles. The molecular formula is C40H35N5. The number of benzene rings is 5. The first-order chi connectivity index (χ1) is 22.2. The van der Waals surface area contributed by atoms with Crippen molar-refractivity contribution in [3.63, 3.8) is 0 Å². The number of nitrogens with zero attached hydrogens (tertiary/aromatic N) is 3. The van der Waals surface area contributed by atoms with Gasteiger partial charge in [0, 0.05) is 33.6 Å². The maximum absolute atomic E-state index is 6.45. The third-order valence-electron chi connectivity index (χ3n) is 8.32. The lowest BCUT2D eigenvalue weighted by Gasteiger charge is -2.15. The molecule has 1 aromatic heterocycles. The fraction of sp³-hybridized carbons (Fsp3) is 0.100. The molecular weight excluding hydrogens is 550 g/mol. The third kappa shape index (κ3) is 5.80. The second kappa shape index (κ2) is 12.5. The van der Waals surface area contributed by atoms with Gasteiger partial charge in [-0.05, 0) is 59.4 Å². The summed E-state index contributed by atoms with van der Waals surface area (Å²) in [6, 6.07) is 45.6. The van der Waals surface area contributed by atoms with Crippen molar-refractivity contribution in [3.8, 4) is 16.8 Å². The molecule has 0 amide bonds. The van der Waals surface area contributed by atoms with Gasteiger partial charge in [0.05, 0.1) is 11.9 Å². The molecule has 0 radical (unpaired) electrons. The summed E-state index contributed by atoms with van der Waals surface area (Å²) < 4.78 is 2.39. The van der Waals surface area contributed by atoms with Gasteiger partial charge < -0.3 is 15.6 Å². The van der Waals surface area contributed by atoms with Crippen LogP contribution in [0.5, 0.6) is 0 Å². The molecule has 0 spiro atoms. The lowest BCUT2D eigenvalue weighted by atomic mass is 9.92. The van der Waals surface area contributed by atoms with Gasteiger partial charge in [0.1, 0.15) is 5.84 Å². The van der Waals surface area contributed by atoms with Gasteiger partial charge in [-0.25, -0.2) is 9.98 Å². The van der Waals surface area contributed by atoms with Crippen LogP contribution in [0.4, 0.5) is 5.69 Å². The Kier molecular flexibility index (Phi) is 7.81. The van der Waals surface area contributed by atoms with Gasteiger partial charge in [0.15, 0.2) is 6.17 Å². The quantitative estimate of drug-likeness (QED) is 0.138. The van der Waals surface area contributed by atoms with E-state index < -0.39 is 6.17 Å². The Morgan fingerprint density at radius 3 is 2.20 bits per heavy atom. The topological polar surface area (TPSA) is 67.7 Å². The highest BCUT2D eigenvalue weighted by Gasteiger charge is 2.23. The minimum Gasteiger partial charge on any atom is -0.383 e. The van der Waals surface area contributed by atoms with E-state index >= 15 is 0 Å². The Morgan fingerprint density at radius 1 is 0.844 bits per heavy atom. The SMILES string of the molecule is CC1C=Cc2c(c3cc(NC=NC(N=C(N)c4ccccc4)c4ccccc4)c(-c4ccccc4)cc3n2-c2ccccc2)C1. The molecule has 45 heavy (non-hydrogen) atoms. The number of fused-ring (bicyclic) bond motifs is 3. The molecule has 2 atom stereocenters. The summed E-state index contributed by atoms with van der Waals surface area (Å²) >= 11 is 0. The van der Waals surface area contributed by atoms with Crippen LogP contribution in [0.3, 0.4) is 0 Å². The van der Waals surface area contributed by atoms with Crippen LogP contribution < -0.4 is 11.1 Å². The minimum absolute atomic E-state index is 0.448. The first-order valence-electron chi connectivity index (χ1n) is 15.4. The Bertz CT molecular complexity index is 2010. The standard InChI is InChI=1S/C40H35N5/c1-28-22-23-37-34(24-28)35-25-36(33(29-14-6-2-7-15-29)26-38(35)45(37)32-20-12-5-13-21-32)42-27-43-40(31-18-10-4-11-19-31)44-39(41)30-16-8-3-9-17-30/h2-23,25-28,40H,24H2,1H3,(H2,41,44)(H,42,43). The van der Waals surface area contributed by atoms with E-state index in [1.165, 1.54) is 22.2 Å². The van der Waals surface area contributed by atoms with Crippen LogP contribution in [-0.4, -0.2) is 16.7 Å². The molecule has 0 bridgehead atoms. The molecule has 0 fully saturated rings. The smallest absolute Gasteiger partial charge is 0.169 e. The van der Waals surface area contributed by atoms with Crippen LogP contribution in [0.1, 0.15) is 35.5 Å². The van der Waals surface area contributed by atoms with Crippen LogP contribution in [0.2, 0.25) is 0 Å². The van der Waals surface area contributed by atoms with E-state index in [4.69, 9.17) is 15.7 Å². The van der Waals surface area contributed by atoms with Crippen LogP contribution in [-0.2, 0) is 6.42 Å².